The molecule has 4 nitrogen and oxygen atoms in total. The first kappa shape index (κ1) is 18.1. The van der Waals surface area contributed by atoms with E-state index >= 15 is 0 Å². The van der Waals surface area contributed by atoms with Gasteiger partial charge in [0.05, 0.1) is 5.69 Å². The molecule has 1 aromatic carbocycles. The monoisotopic (exact) mass is 319 g/mol. The van der Waals surface area contributed by atoms with Gasteiger partial charge in [-0.25, -0.2) is 0 Å². The van der Waals surface area contributed by atoms with Gasteiger partial charge in [-0.1, -0.05) is 39.0 Å². The third kappa shape index (κ3) is 4.29. The summed E-state index contributed by atoms with van der Waals surface area (Å²) in [6.07, 6.45) is 1.60. The fourth-order valence-corrected chi connectivity index (χ4v) is 2.17. The SMILES string of the molecule is CC(C)(C)c1ccccc1NC(=O)c1ccnc(CN)c1.Cl. The van der Waals surface area contributed by atoms with Gasteiger partial charge >= 0.3 is 0 Å². The molecular weight excluding hydrogens is 298 g/mol. The molecule has 1 amide bonds. The third-order valence-corrected chi connectivity index (χ3v) is 3.27. The maximum atomic E-state index is 12.4. The molecule has 0 saturated heterocycles. The Hall–Kier alpha value is -1.91. The van der Waals surface area contributed by atoms with Gasteiger partial charge in [-0.3, -0.25) is 9.78 Å². The lowest BCUT2D eigenvalue weighted by molar-refractivity contribution is 0.102. The van der Waals surface area contributed by atoms with Crippen LogP contribution in [0.15, 0.2) is 42.6 Å². The first-order chi connectivity index (χ1) is 9.91. The number of para-hydroxylation sites is 1. The smallest absolute Gasteiger partial charge is 0.255 e. The highest BCUT2D eigenvalue weighted by atomic mass is 35.5. The maximum Gasteiger partial charge on any atom is 0.255 e. The number of rotatable bonds is 3. The minimum atomic E-state index is -0.149. The fourth-order valence-electron chi connectivity index (χ4n) is 2.17. The van der Waals surface area contributed by atoms with Crippen molar-refractivity contribution in [3.8, 4) is 0 Å². The van der Waals surface area contributed by atoms with Crippen molar-refractivity contribution < 1.29 is 4.79 Å². The Bertz CT molecular complexity index is 650. The summed E-state index contributed by atoms with van der Waals surface area (Å²) < 4.78 is 0. The van der Waals surface area contributed by atoms with Crippen LogP contribution in [-0.4, -0.2) is 10.9 Å². The number of amides is 1. The number of hydrogen-bond donors (Lipinski definition) is 2. The van der Waals surface area contributed by atoms with Crippen molar-refractivity contribution >= 4 is 24.0 Å². The van der Waals surface area contributed by atoms with Crippen LogP contribution in [0.5, 0.6) is 0 Å². The largest absolute Gasteiger partial charge is 0.325 e. The van der Waals surface area contributed by atoms with Crippen LogP contribution in [0, 0.1) is 0 Å². The van der Waals surface area contributed by atoms with Crippen molar-refractivity contribution in [2.45, 2.75) is 32.7 Å². The van der Waals surface area contributed by atoms with E-state index in [-0.39, 0.29) is 23.7 Å². The number of aromatic nitrogens is 1. The van der Waals surface area contributed by atoms with E-state index in [1.807, 2.05) is 24.3 Å². The normalized spacial score (nSPS) is 10.7. The lowest BCUT2D eigenvalue weighted by atomic mass is 9.86. The highest BCUT2D eigenvalue weighted by Gasteiger charge is 2.19. The van der Waals surface area contributed by atoms with Crippen molar-refractivity contribution in [1.82, 2.24) is 4.98 Å². The Morgan fingerprint density at radius 1 is 1.23 bits per heavy atom. The van der Waals surface area contributed by atoms with E-state index in [1.165, 1.54) is 0 Å². The van der Waals surface area contributed by atoms with Gasteiger partial charge in [0.2, 0.25) is 0 Å². The van der Waals surface area contributed by atoms with Gasteiger partial charge in [0.25, 0.3) is 5.91 Å². The highest BCUT2D eigenvalue weighted by molar-refractivity contribution is 6.04. The van der Waals surface area contributed by atoms with Crippen LogP contribution in [0.2, 0.25) is 0 Å². The number of nitrogens with one attached hydrogen (secondary N) is 1. The van der Waals surface area contributed by atoms with Gasteiger partial charge in [-0.15, -0.1) is 12.4 Å². The summed E-state index contributed by atoms with van der Waals surface area (Å²) in [7, 11) is 0. The number of benzene rings is 1. The molecule has 0 saturated carbocycles. The zero-order chi connectivity index (χ0) is 15.5. The lowest BCUT2D eigenvalue weighted by Gasteiger charge is -2.23. The van der Waals surface area contributed by atoms with E-state index in [4.69, 9.17) is 5.73 Å². The number of nitrogens with two attached hydrogens (primary N) is 1. The first-order valence-corrected chi connectivity index (χ1v) is 6.97. The molecule has 0 unspecified atom stereocenters. The number of hydrogen-bond acceptors (Lipinski definition) is 3. The van der Waals surface area contributed by atoms with Gasteiger partial charge in [-0.05, 0) is 29.2 Å². The molecule has 0 radical (unpaired) electrons. The Labute approximate surface area is 137 Å². The van der Waals surface area contributed by atoms with Crippen molar-refractivity contribution in [2.24, 2.45) is 5.73 Å². The molecule has 5 heteroatoms. The molecule has 1 heterocycles. The molecule has 22 heavy (non-hydrogen) atoms. The number of carbonyl (C=O) groups excluding carboxylic acids is 1. The van der Waals surface area contributed by atoms with Crippen LogP contribution < -0.4 is 11.1 Å². The van der Waals surface area contributed by atoms with Gasteiger partial charge in [-0.2, -0.15) is 0 Å². The quantitative estimate of drug-likeness (QED) is 0.909. The summed E-state index contributed by atoms with van der Waals surface area (Å²) in [6.45, 7) is 6.69. The van der Waals surface area contributed by atoms with E-state index in [2.05, 4.69) is 31.1 Å². The molecule has 118 valence electrons. The number of halogens is 1. The zero-order valence-electron chi connectivity index (χ0n) is 13.1. The average molecular weight is 320 g/mol. The molecule has 3 N–H and O–H groups in total. The van der Waals surface area contributed by atoms with Gasteiger partial charge in [0.15, 0.2) is 0 Å². The first-order valence-electron chi connectivity index (χ1n) is 6.97. The van der Waals surface area contributed by atoms with Crippen LogP contribution >= 0.6 is 12.4 Å². The molecule has 0 atom stereocenters. The van der Waals surface area contributed by atoms with Crippen LogP contribution in [0.3, 0.4) is 0 Å². The third-order valence-electron chi connectivity index (χ3n) is 3.27. The van der Waals surface area contributed by atoms with Crippen LogP contribution in [0.25, 0.3) is 0 Å². The zero-order valence-corrected chi connectivity index (χ0v) is 13.9. The molecule has 2 rings (SSSR count). The van der Waals surface area contributed by atoms with Crippen molar-refractivity contribution in [3.63, 3.8) is 0 Å². The fraction of sp³-hybridized carbons (Fsp3) is 0.294. The van der Waals surface area contributed by atoms with E-state index in [0.29, 0.717) is 17.8 Å². The predicted octanol–water partition coefficient (Wildman–Crippen LogP) is 3.51. The second-order valence-corrected chi connectivity index (χ2v) is 5.99. The van der Waals surface area contributed by atoms with E-state index in [1.54, 1.807) is 18.3 Å². The predicted molar refractivity (Wildman–Crippen MR) is 92.5 cm³/mol. The molecule has 2 aromatic rings. The molecule has 0 bridgehead atoms. The van der Waals surface area contributed by atoms with Crippen LogP contribution in [-0.2, 0) is 12.0 Å². The minimum absolute atomic E-state index is 0. The van der Waals surface area contributed by atoms with E-state index in [9.17, 15) is 4.79 Å². The van der Waals surface area contributed by atoms with Gasteiger partial charge in [0, 0.05) is 24.0 Å². The minimum Gasteiger partial charge on any atom is -0.325 e. The molecule has 0 spiro atoms. The number of carbonyl (C=O) groups is 1. The summed E-state index contributed by atoms with van der Waals surface area (Å²) in [6, 6.07) is 11.3. The lowest BCUT2D eigenvalue weighted by Crippen LogP contribution is -2.19. The topological polar surface area (TPSA) is 68.0 Å². The molecule has 0 aliphatic rings. The summed E-state index contributed by atoms with van der Waals surface area (Å²) in [5.74, 6) is -0.149. The summed E-state index contributed by atoms with van der Waals surface area (Å²) in [5, 5.41) is 2.98. The average Bonchev–Trinajstić information content (AvgIpc) is 2.46. The Balaban J connectivity index is 0.00000242. The van der Waals surface area contributed by atoms with Gasteiger partial charge in [0.1, 0.15) is 0 Å². The van der Waals surface area contributed by atoms with Crippen LogP contribution in [0.1, 0.15) is 42.4 Å². The van der Waals surface area contributed by atoms with Gasteiger partial charge < -0.3 is 11.1 Å². The summed E-state index contributed by atoms with van der Waals surface area (Å²) in [5.41, 5.74) is 8.72. The van der Waals surface area contributed by atoms with Crippen molar-refractivity contribution in [1.29, 1.82) is 0 Å². The van der Waals surface area contributed by atoms with Crippen molar-refractivity contribution in [2.75, 3.05) is 5.32 Å². The molecule has 0 aliphatic heterocycles. The van der Waals surface area contributed by atoms with Crippen LogP contribution in [0.4, 0.5) is 5.69 Å². The Kier molecular flexibility index (Phi) is 6.09. The maximum absolute atomic E-state index is 12.4. The summed E-state index contributed by atoms with van der Waals surface area (Å²) in [4.78, 5) is 16.5. The molecular formula is C17H22ClN3O. The standard InChI is InChI=1S/C17H21N3O.ClH/c1-17(2,3)14-6-4-5-7-15(14)20-16(21)12-8-9-19-13(10-12)11-18;/h4-10H,11,18H2,1-3H3,(H,20,21);1H. The van der Waals surface area contributed by atoms with E-state index in [0.717, 1.165) is 11.3 Å². The van der Waals surface area contributed by atoms with E-state index < -0.39 is 0 Å². The number of pyridine rings is 1. The highest BCUT2D eigenvalue weighted by Crippen LogP contribution is 2.29. The Morgan fingerprint density at radius 2 is 1.91 bits per heavy atom. The molecule has 0 aliphatic carbocycles. The molecule has 1 aromatic heterocycles. The van der Waals surface area contributed by atoms with Crippen molar-refractivity contribution in [3.05, 3.63) is 59.4 Å². The number of anilines is 1. The summed E-state index contributed by atoms with van der Waals surface area (Å²) >= 11 is 0. The second kappa shape index (κ2) is 7.38. The second-order valence-electron chi connectivity index (χ2n) is 5.99. The number of nitrogens with zero attached hydrogens (tertiary/aromatic N) is 1. The molecule has 0 fully saturated rings. The Morgan fingerprint density at radius 3 is 2.55 bits per heavy atom.